The average Bonchev–Trinajstić information content (AvgIpc) is 2.67. The zero-order valence-electron chi connectivity index (χ0n) is 15.8. The molecule has 1 N–H and O–H groups in total. The summed E-state index contributed by atoms with van der Waals surface area (Å²) in [6.07, 6.45) is 0. The van der Waals surface area contributed by atoms with E-state index in [0.29, 0.717) is 17.7 Å². The van der Waals surface area contributed by atoms with Crippen molar-refractivity contribution in [3.05, 3.63) is 74.6 Å². The van der Waals surface area contributed by atoms with Gasteiger partial charge in [0.1, 0.15) is 11.3 Å². The van der Waals surface area contributed by atoms with Crippen LogP contribution in [0, 0.1) is 6.92 Å². The summed E-state index contributed by atoms with van der Waals surface area (Å²) in [5.41, 5.74) is 2.86. The van der Waals surface area contributed by atoms with Gasteiger partial charge in [-0.15, -0.1) is 0 Å². The third kappa shape index (κ3) is 4.07. The second-order valence-corrected chi connectivity index (χ2v) is 7.80. The fourth-order valence-electron chi connectivity index (χ4n) is 3.79. The van der Waals surface area contributed by atoms with Crippen molar-refractivity contribution in [2.24, 2.45) is 0 Å². The van der Waals surface area contributed by atoms with Crippen molar-refractivity contribution in [1.29, 1.82) is 0 Å². The van der Waals surface area contributed by atoms with Crippen LogP contribution < -0.4 is 5.63 Å². The summed E-state index contributed by atoms with van der Waals surface area (Å²) in [5.74, 6) is 0.141. The molecule has 6 heteroatoms. The molecule has 0 aliphatic carbocycles. The smallest absolute Gasteiger partial charge is 0.336 e. The molecule has 0 atom stereocenters. The lowest BCUT2D eigenvalue weighted by Gasteiger charge is -2.34. The summed E-state index contributed by atoms with van der Waals surface area (Å²) in [4.78, 5) is 16.8. The van der Waals surface area contributed by atoms with Crippen LogP contribution in [0.3, 0.4) is 0 Å². The lowest BCUT2D eigenvalue weighted by molar-refractivity contribution is 0.122. The van der Waals surface area contributed by atoms with Crippen LogP contribution >= 0.6 is 11.6 Å². The number of hydrogen-bond acceptors (Lipinski definition) is 5. The highest BCUT2D eigenvalue weighted by Crippen LogP contribution is 2.28. The summed E-state index contributed by atoms with van der Waals surface area (Å²) >= 11 is 6.08. The monoisotopic (exact) mass is 398 g/mol. The molecule has 0 unspecified atom stereocenters. The second kappa shape index (κ2) is 7.95. The molecule has 0 saturated carbocycles. The minimum atomic E-state index is -0.379. The normalized spacial score (nSPS) is 15.9. The number of aromatic hydroxyl groups is 1. The lowest BCUT2D eigenvalue weighted by Crippen LogP contribution is -2.45. The molecule has 1 aliphatic heterocycles. The van der Waals surface area contributed by atoms with Gasteiger partial charge in [-0.25, -0.2) is 4.79 Å². The van der Waals surface area contributed by atoms with E-state index in [0.717, 1.165) is 48.7 Å². The molecule has 2 aromatic carbocycles. The Balaban J connectivity index is 1.45. The van der Waals surface area contributed by atoms with Crippen LogP contribution in [0.2, 0.25) is 5.02 Å². The first kappa shape index (κ1) is 19.0. The Labute approximate surface area is 168 Å². The van der Waals surface area contributed by atoms with E-state index >= 15 is 0 Å². The molecule has 2 heterocycles. The molecule has 1 saturated heterocycles. The first-order valence-corrected chi connectivity index (χ1v) is 9.82. The van der Waals surface area contributed by atoms with Gasteiger partial charge in [0, 0.05) is 61.3 Å². The zero-order valence-corrected chi connectivity index (χ0v) is 16.6. The van der Waals surface area contributed by atoms with E-state index in [1.165, 1.54) is 5.56 Å². The van der Waals surface area contributed by atoms with Crippen molar-refractivity contribution < 1.29 is 9.52 Å². The Morgan fingerprint density at radius 3 is 2.46 bits per heavy atom. The topological polar surface area (TPSA) is 56.9 Å². The molecule has 1 aliphatic rings. The molecule has 0 bridgehead atoms. The van der Waals surface area contributed by atoms with Crippen LogP contribution in [0.1, 0.15) is 16.7 Å². The second-order valence-electron chi connectivity index (χ2n) is 7.36. The number of halogens is 1. The standard InChI is InChI=1S/C22H23ClN2O3/c1-15-20(26)6-5-19-17(12-21(27)28-22(15)19)14-25-9-7-24(8-10-25)13-16-3-2-4-18(23)11-16/h2-6,11-12,26H,7-10,13-14H2,1H3. The van der Waals surface area contributed by atoms with Crippen LogP contribution in [0.15, 0.2) is 51.7 Å². The van der Waals surface area contributed by atoms with Crippen molar-refractivity contribution in [3.8, 4) is 5.75 Å². The van der Waals surface area contributed by atoms with E-state index in [1.54, 1.807) is 19.1 Å². The largest absolute Gasteiger partial charge is 0.508 e. The molecule has 28 heavy (non-hydrogen) atoms. The van der Waals surface area contributed by atoms with Crippen LogP contribution in [0.5, 0.6) is 5.75 Å². The van der Waals surface area contributed by atoms with Gasteiger partial charge in [0.15, 0.2) is 0 Å². The van der Waals surface area contributed by atoms with Crippen molar-refractivity contribution in [3.63, 3.8) is 0 Å². The predicted molar refractivity (Wildman–Crippen MR) is 111 cm³/mol. The summed E-state index contributed by atoms with van der Waals surface area (Å²) in [6, 6.07) is 13.0. The van der Waals surface area contributed by atoms with E-state index < -0.39 is 0 Å². The Hall–Kier alpha value is -2.34. The number of nitrogens with zero attached hydrogens (tertiary/aromatic N) is 2. The summed E-state index contributed by atoms with van der Waals surface area (Å²) in [6.45, 7) is 7.14. The Bertz CT molecular complexity index is 1060. The van der Waals surface area contributed by atoms with E-state index in [4.69, 9.17) is 16.0 Å². The molecule has 5 nitrogen and oxygen atoms in total. The molecule has 0 amide bonds. The van der Waals surface area contributed by atoms with Gasteiger partial charge in [0.2, 0.25) is 0 Å². The van der Waals surface area contributed by atoms with Crippen molar-refractivity contribution in [1.82, 2.24) is 9.80 Å². The van der Waals surface area contributed by atoms with E-state index in [-0.39, 0.29) is 11.4 Å². The van der Waals surface area contributed by atoms with E-state index in [9.17, 15) is 9.90 Å². The van der Waals surface area contributed by atoms with Crippen molar-refractivity contribution >= 4 is 22.6 Å². The van der Waals surface area contributed by atoms with Crippen molar-refractivity contribution in [2.45, 2.75) is 20.0 Å². The lowest BCUT2D eigenvalue weighted by atomic mass is 10.1. The molecule has 4 rings (SSSR count). The first-order chi connectivity index (χ1) is 13.5. The Morgan fingerprint density at radius 2 is 1.75 bits per heavy atom. The number of hydrogen-bond donors (Lipinski definition) is 1. The average molecular weight is 399 g/mol. The summed E-state index contributed by atoms with van der Waals surface area (Å²) in [5, 5.41) is 11.6. The zero-order chi connectivity index (χ0) is 19.7. The predicted octanol–water partition coefficient (Wildman–Crippen LogP) is 3.78. The maximum atomic E-state index is 12.0. The summed E-state index contributed by atoms with van der Waals surface area (Å²) in [7, 11) is 0. The first-order valence-electron chi connectivity index (χ1n) is 9.44. The fraction of sp³-hybridized carbons (Fsp3) is 0.318. The minimum Gasteiger partial charge on any atom is -0.508 e. The quantitative estimate of drug-likeness (QED) is 0.678. The van der Waals surface area contributed by atoms with Gasteiger partial charge in [-0.1, -0.05) is 23.7 Å². The number of fused-ring (bicyclic) bond motifs is 1. The van der Waals surface area contributed by atoms with Gasteiger partial charge in [-0.3, -0.25) is 9.80 Å². The third-order valence-electron chi connectivity index (χ3n) is 5.37. The molecule has 0 spiro atoms. The highest BCUT2D eigenvalue weighted by Gasteiger charge is 2.19. The molecule has 146 valence electrons. The van der Waals surface area contributed by atoms with Gasteiger partial charge in [-0.2, -0.15) is 0 Å². The minimum absolute atomic E-state index is 0.141. The molecule has 3 aromatic rings. The maximum absolute atomic E-state index is 12.0. The number of piperazine rings is 1. The van der Waals surface area contributed by atoms with Crippen LogP contribution in [-0.2, 0) is 13.1 Å². The number of benzene rings is 2. The van der Waals surface area contributed by atoms with E-state index in [2.05, 4.69) is 15.9 Å². The molecule has 1 fully saturated rings. The van der Waals surface area contributed by atoms with E-state index in [1.807, 2.05) is 24.3 Å². The van der Waals surface area contributed by atoms with Gasteiger partial charge < -0.3 is 9.52 Å². The molecular weight excluding hydrogens is 376 g/mol. The van der Waals surface area contributed by atoms with Crippen LogP contribution in [-0.4, -0.2) is 41.1 Å². The molecule has 1 aromatic heterocycles. The van der Waals surface area contributed by atoms with Gasteiger partial charge in [0.25, 0.3) is 0 Å². The number of phenols is 1. The van der Waals surface area contributed by atoms with Crippen LogP contribution in [0.4, 0.5) is 0 Å². The fourth-order valence-corrected chi connectivity index (χ4v) is 4.00. The SMILES string of the molecule is Cc1c(O)ccc2c(CN3CCN(Cc4cccc(Cl)c4)CC3)cc(=O)oc12. The highest BCUT2D eigenvalue weighted by atomic mass is 35.5. The van der Waals surface area contributed by atoms with Gasteiger partial charge in [0.05, 0.1) is 0 Å². The summed E-state index contributed by atoms with van der Waals surface area (Å²) < 4.78 is 5.34. The maximum Gasteiger partial charge on any atom is 0.336 e. The molecular formula is C22H23ClN2O3. The number of rotatable bonds is 4. The van der Waals surface area contributed by atoms with Crippen LogP contribution in [0.25, 0.3) is 11.0 Å². The molecule has 0 radical (unpaired) electrons. The number of aryl methyl sites for hydroxylation is 1. The highest BCUT2D eigenvalue weighted by molar-refractivity contribution is 6.30. The Morgan fingerprint density at radius 1 is 1.04 bits per heavy atom. The Kier molecular flexibility index (Phi) is 5.40. The third-order valence-corrected chi connectivity index (χ3v) is 5.61. The van der Waals surface area contributed by atoms with Crippen molar-refractivity contribution in [2.75, 3.05) is 26.2 Å². The van der Waals surface area contributed by atoms with Gasteiger partial charge >= 0.3 is 5.63 Å². The number of phenolic OH excluding ortho intramolecular Hbond substituents is 1. The van der Waals surface area contributed by atoms with Gasteiger partial charge in [-0.05, 0) is 42.3 Å².